The quantitative estimate of drug-likeness (QED) is 0.436. The Kier molecular flexibility index (Phi) is 1.20. The molecule has 0 fully saturated rings. The second kappa shape index (κ2) is 1.87. The van der Waals surface area contributed by atoms with Gasteiger partial charge in [0.25, 0.3) is 0 Å². The predicted molar refractivity (Wildman–Crippen MR) is 27.7 cm³/mol. The number of nitrogens with zero attached hydrogens (tertiary/aromatic N) is 1. The van der Waals surface area contributed by atoms with E-state index in [1.165, 1.54) is 0 Å². The lowest BCUT2D eigenvalue weighted by Gasteiger charge is -2.16. The van der Waals surface area contributed by atoms with Gasteiger partial charge in [-0.1, -0.05) is 0 Å². The van der Waals surface area contributed by atoms with Gasteiger partial charge >= 0.3 is 0 Å². The zero-order valence-electron chi connectivity index (χ0n) is 4.42. The van der Waals surface area contributed by atoms with Gasteiger partial charge in [-0.05, 0) is 0 Å². The van der Waals surface area contributed by atoms with Crippen LogP contribution in [-0.4, -0.2) is 25.1 Å². The second-order valence-electron chi connectivity index (χ2n) is 1.64. The lowest BCUT2D eigenvalue weighted by atomic mass is 10.6. The highest BCUT2D eigenvalue weighted by Gasteiger charge is 1.93. The van der Waals surface area contributed by atoms with E-state index >= 15 is 0 Å². The van der Waals surface area contributed by atoms with E-state index in [2.05, 4.69) is 4.90 Å². The van der Waals surface area contributed by atoms with Crippen LogP contribution in [0.5, 0.6) is 0 Å². The van der Waals surface area contributed by atoms with Crippen molar-refractivity contribution in [1.29, 1.82) is 0 Å². The molecule has 1 rings (SSSR count). The summed E-state index contributed by atoms with van der Waals surface area (Å²) in [7, 11) is 2.03. The molecule has 2 heteroatoms. The van der Waals surface area contributed by atoms with Gasteiger partial charge < -0.3 is 9.64 Å². The molecule has 1 aliphatic heterocycles. The summed E-state index contributed by atoms with van der Waals surface area (Å²) in [4.78, 5) is 2.09. The SMILES string of the molecule is CN1C=COCC1. The molecule has 0 spiro atoms. The molecular formula is C5H9NO. The third-order valence-electron chi connectivity index (χ3n) is 0.973. The van der Waals surface area contributed by atoms with Gasteiger partial charge in [0.2, 0.25) is 0 Å². The molecule has 0 unspecified atom stereocenters. The maximum Gasteiger partial charge on any atom is 0.105 e. The van der Waals surface area contributed by atoms with Crippen molar-refractivity contribution >= 4 is 0 Å². The van der Waals surface area contributed by atoms with E-state index in [9.17, 15) is 0 Å². The molecule has 40 valence electrons. The summed E-state index contributed by atoms with van der Waals surface area (Å²) in [6, 6.07) is 0. The lowest BCUT2D eigenvalue weighted by molar-refractivity contribution is 0.188. The van der Waals surface area contributed by atoms with E-state index in [-0.39, 0.29) is 0 Å². The van der Waals surface area contributed by atoms with Crippen LogP contribution in [0.3, 0.4) is 0 Å². The van der Waals surface area contributed by atoms with Gasteiger partial charge in [0, 0.05) is 13.2 Å². The molecule has 0 aromatic carbocycles. The lowest BCUT2D eigenvalue weighted by Crippen LogP contribution is -2.19. The topological polar surface area (TPSA) is 12.5 Å². The minimum Gasteiger partial charge on any atom is -0.498 e. The van der Waals surface area contributed by atoms with Crippen LogP contribution in [0.1, 0.15) is 0 Å². The molecule has 0 saturated carbocycles. The smallest absolute Gasteiger partial charge is 0.105 e. The van der Waals surface area contributed by atoms with Crippen molar-refractivity contribution in [3.05, 3.63) is 12.5 Å². The molecule has 0 saturated heterocycles. The maximum atomic E-state index is 4.92. The van der Waals surface area contributed by atoms with Crippen molar-refractivity contribution in [2.75, 3.05) is 20.2 Å². The summed E-state index contributed by atoms with van der Waals surface area (Å²) < 4.78 is 4.92. The first-order chi connectivity index (χ1) is 3.39. The molecule has 0 aromatic heterocycles. The van der Waals surface area contributed by atoms with Gasteiger partial charge in [0.05, 0.1) is 12.8 Å². The Hall–Kier alpha value is -0.660. The molecule has 0 N–H and O–H groups in total. The largest absolute Gasteiger partial charge is 0.498 e. The van der Waals surface area contributed by atoms with Gasteiger partial charge in [0.1, 0.15) is 6.61 Å². The summed E-state index contributed by atoms with van der Waals surface area (Å²) >= 11 is 0. The molecule has 0 atom stereocenters. The van der Waals surface area contributed by atoms with Crippen molar-refractivity contribution in [1.82, 2.24) is 4.90 Å². The first kappa shape index (κ1) is 4.50. The number of hydrogen-bond donors (Lipinski definition) is 0. The van der Waals surface area contributed by atoms with E-state index in [1.54, 1.807) is 6.26 Å². The monoisotopic (exact) mass is 99.1 g/mol. The summed E-state index contributed by atoms with van der Waals surface area (Å²) in [5, 5.41) is 0. The van der Waals surface area contributed by atoms with Crippen LogP contribution >= 0.6 is 0 Å². The number of hydrogen-bond acceptors (Lipinski definition) is 2. The van der Waals surface area contributed by atoms with Crippen LogP contribution in [0.25, 0.3) is 0 Å². The third-order valence-corrected chi connectivity index (χ3v) is 0.973. The maximum absolute atomic E-state index is 4.92. The molecule has 2 nitrogen and oxygen atoms in total. The standard InChI is InChI=1S/C5H9NO/c1-6-2-4-7-5-3-6/h2,4H,3,5H2,1H3. The Bertz CT molecular complexity index is 80.1. The first-order valence-electron chi connectivity index (χ1n) is 2.38. The molecule has 0 aromatic rings. The van der Waals surface area contributed by atoms with Gasteiger partial charge in [-0.25, -0.2) is 0 Å². The summed E-state index contributed by atoms with van der Waals surface area (Å²) in [5.74, 6) is 0. The highest BCUT2D eigenvalue weighted by atomic mass is 16.5. The Balaban J connectivity index is 2.36. The van der Waals surface area contributed by atoms with Crippen molar-refractivity contribution in [3.63, 3.8) is 0 Å². The summed E-state index contributed by atoms with van der Waals surface area (Å²) in [5.41, 5.74) is 0. The van der Waals surface area contributed by atoms with E-state index in [1.807, 2.05) is 13.2 Å². The average molecular weight is 99.1 g/mol. The van der Waals surface area contributed by atoms with Crippen molar-refractivity contribution in [2.24, 2.45) is 0 Å². The number of ether oxygens (including phenoxy) is 1. The van der Waals surface area contributed by atoms with Crippen molar-refractivity contribution < 1.29 is 4.74 Å². The normalized spacial score (nSPS) is 19.3. The minimum atomic E-state index is 0.826. The zero-order chi connectivity index (χ0) is 5.11. The molecule has 0 aliphatic carbocycles. The summed E-state index contributed by atoms with van der Waals surface area (Å²) in [6.07, 6.45) is 3.63. The minimum absolute atomic E-state index is 0.826. The van der Waals surface area contributed by atoms with Crippen molar-refractivity contribution in [2.45, 2.75) is 0 Å². The van der Waals surface area contributed by atoms with E-state index in [4.69, 9.17) is 4.74 Å². The second-order valence-corrected chi connectivity index (χ2v) is 1.64. The summed E-state index contributed by atoms with van der Waals surface area (Å²) in [6.45, 7) is 1.84. The number of rotatable bonds is 0. The van der Waals surface area contributed by atoms with Gasteiger partial charge in [-0.15, -0.1) is 0 Å². The fourth-order valence-corrected chi connectivity index (χ4v) is 0.486. The predicted octanol–water partition coefficient (Wildman–Crippen LogP) is 0.420. The van der Waals surface area contributed by atoms with Crippen LogP contribution in [0.4, 0.5) is 0 Å². The van der Waals surface area contributed by atoms with Crippen LogP contribution in [0.2, 0.25) is 0 Å². The Morgan fingerprint density at radius 2 is 2.57 bits per heavy atom. The molecule has 1 aliphatic rings. The molecule has 0 bridgehead atoms. The van der Waals surface area contributed by atoms with E-state index < -0.39 is 0 Å². The Morgan fingerprint density at radius 3 is 2.86 bits per heavy atom. The molecular weight excluding hydrogens is 90.1 g/mol. The highest BCUT2D eigenvalue weighted by Crippen LogP contribution is 1.91. The molecule has 0 amide bonds. The highest BCUT2D eigenvalue weighted by molar-refractivity contribution is 4.76. The van der Waals surface area contributed by atoms with Crippen LogP contribution < -0.4 is 0 Å². The van der Waals surface area contributed by atoms with Crippen LogP contribution in [0.15, 0.2) is 12.5 Å². The molecule has 0 radical (unpaired) electrons. The number of likely N-dealkylation sites (N-methyl/N-ethyl adjacent to an activating group) is 1. The van der Waals surface area contributed by atoms with Gasteiger partial charge in [0.15, 0.2) is 0 Å². The molecule has 1 heterocycles. The van der Waals surface area contributed by atoms with Gasteiger partial charge in [-0.3, -0.25) is 0 Å². The fourth-order valence-electron chi connectivity index (χ4n) is 0.486. The third kappa shape index (κ3) is 1.11. The Labute approximate surface area is 43.4 Å². The van der Waals surface area contributed by atoms with E-state index in [0.717, 1.165) is 13.2 Å². The fraction of sp³-hybridized carbons (Fsp3) is 0.600. The van der Waals surface area contributed by atoms with E-state index in [0.29, 0.717) is 0 Å². The molecule has 7 heavy (non-hydrogen) atoms. The average Bonchev–Trinajstić information content (AvgIpc) is 1.69. The first-order valence-corrected chi connectivity index (χ1v) is 2.38. The Morgan fingerprint density at radius 1 is 1.71 bits per heavy atom. The zero-order valence-corrected chi connectivity index (χ0v) is 4.42. The van der Waals surface area contributed by atoms with Crippen molar-refractivity contribution in [3.8, 4) is 0 Å². The van der Waals surface area contributed by atoms with Gasteiger partial charge in [-0.2, -0.15) is 0 Å². The van der Waals surface area contributed by atoms with Crippen LogP contribution in [0, 0.1) is 0 Å². The van der Waals surface area contributed by atoms with Crippen LogP contribution in [-0.2, 0) is 4.74 Å².